The van der Waals surface area contributed by atoms with Gasteiger partial charge in [-0.1, -0.05) is 30.3 Å². The molecule has 0 fully saturated rings. The summed E-state index contributed by atoms with van der Waals surface area (Å²) >= 11 is 0. The van der Waals surface area contributed by atoms with Crippen LogP contribution >= 0.6 is 0 Å². The number of carbonyl (C=O) groups excluding carboxylic acids is 1. The first kappa shape index (κ1) is 16.0. The van der Waals surface area contributed by atoms with E-state index in [1.54, 1.807) is 0 Å². The molecule has 0 aliphatic rings. The molecule has 6 heteroatoms. The lowest BCUT2D eigenvalue weighted by Gasteiger charge is -2.19. The number of hydrogen-bond donors (Lipinski definition) is 1. The molecule has 24 heavy (non-hydrogen) atoms. The number of nitrogens with one attached hydrogen (secondary N) is 1. The highest BCUT2D eigenvalue weighted by atomic mass is 16.6. The number of rotatable bonds is 3. The number of amides is 1. The number of pyridine rings is 1. The van der Waals surface area contributed by atoms with Gasteiger partial charge in [-0.2, -0.15) is 0 Å². The van der Waals surface area contributed by atoms with Crippen LogP contribution in [-0.2, 0) is 11.3 Å². The summed E-state index contributed by atoms with van der Waals surface area (Å²) in [5.74, 6) is 0.789. The van der Waals surface area contributed by atoms with Crippen LogP contribution in [0.2, 0.25) is 0 Å². The Bertz CT molecular complexity index is 847. The molecule has 3 rings (SSSR count). The van der Waals surface area contributed by atoms with Gasteiger partial charge in [-0.05, 0) is 38.5 Å². The molecule has 0 saturated heterocycles. The summed E-state index contributed by atoms with van der Waals surface area (Å²) in [4.78, 5) is 11.7. The average molecular weight is 324 g/mol. The van der Waals surface area contributed by atoms with Crippen molar-refractivity contribution in [2.75, 3.05) is 0 Å². The van der Waals surface area contributed by atoms with Crippen LogP contribution in [0.3, 0.4) is 0 Å². The smallest absolute Gasteiger partial charge is 0.407 e. The van der Waals surface area contributed by atoms with Gasteiger partial charge in [0.1, 0.15) is 5.60 Å². The quantitative estimate of drug-likeness (QED) is 0.801. The minimum Gasteiger partial charge on any atom is -0.444 e. The maximum absolute atomic E-state index is 11.7. The third kappa shape index (κ3) is 3.71. The van der Waals surface area contributed by atoms with Gasteiger partial charge in [0.05, 0.1) is 0 Å². The molecule has 0 saturated carbocycles. The molecule has 0 bridgehead atoms. The van der Waals surface area contributed by atoms with Gasteiger partial charge >= 0.3 is 6.09 Å². The van der Waals surface area contributed by atoms with Crippen molar-refractivity contribution in [1.29, 1.82) is 0 Å². The Kier molecular flexibility index (Phi) is 4.20. The van der Waals surface area contributed by atoms with Crippen molar-refractivity contribution in [3.05, 3.63) is 54.2 Å². The van der Waals surface area contributed by atoms with Crippen molar-refractivity contribution < 1.29 is 9.53 Å². The normalized spacial score (nSPS) is 11.5. The van der Waals surface area contributed by atoms with Gasteiger partial charge in [-0.25, -0.2) is 4.79 Å². The van der Waals surface area contributed by atoms with Gasteiger partial charge in [0.25, 0.3) is 0 Å². The number of ether oxygens (including phenoxy) is 1. The molecular weight excluding hydrogens is 304 g/mol. The van der Waals surface area contributed by atoms with Crippen molar-refractivity contribution in [3.8, 4) is 11.4 Å². The molecule has 0 radical (unpaired) electrons. The Hall–Kier alpha value is -2.89. The van der Waals surface area contributed by atoms with Gasteiger partial charge in [0, 0.05) is 18.3 Å². The molecule has 2 heterocycles. The topological polar surface area (TPSA) is 68.5 Å². The first-order valence-electron chi connectivity index (χ1n) is 7.78. The van der Waals surface area contributed by atoms with E-state index in [2.05, 4.69) is 15.5 Å². The lowest BCUT2D eigenvalue weighted by atomic mass is 10.1. The van der Waals surface area contributed by atoms with Crippen LogP contribution in [0.5, 0.6) is 0 Å². The van der Waals surface area contributed by atoms with Gasteiger partial charge in [-0.15, -0.1) is 10.2 Å². The van der Waals surface area contributed by atoms with Crippen molar-refractivity contribution in [2.24, 2.45) is 0 Å². The van der Waals surface area contributed by atoms with Crippen molar-refractivity contribution in [1.82, 2.24) is 19.9 Å². The van der Waals surface area contributed by atoms with Crippen molar-refractivity contribution >= 4 is 11.7 Å². The fourth-order valence-electron chi connectivity index (χ4n) is 2.30. The zero-order chi connectivity index (χ0) is 17.2. The number of fused-ring (bicyclic) bond motifs is 1. The fourth-order valence-corrected chi connectivity index (χ4v) is 2.30. The van der Waals surface area contributed by atoms with Crippen LogP contribution in [0.4, 0.5) is 4.79 Å². The second-order valence-corrected chi connectivity index (χ2v) is 6.50. The van der Waals surface area contributed by atoms with E-state index in [4.69, 9.17) is 4.74 Å². The molecule has 0 atom stereocenters. The Morgan fingerprint density at radius 3 is 2.58 bits per heavy atom. The number of nitrogens with zero attached hydrogens (tertiary/aromatic N) is 3. The molecule has 1 N–H and O–H groups in total. The number of hydrogen-bond acceptors (Lipinski definition) is 4. The zero-order valence-electron chi connectivity index (χ0n) is 14.0. The molecule has 1 amide bonds. The lowest BCUT2D eigenvalue weighted by Crippen LogP contribution is -2.32. The number of benzene rings is 1. The summed E-state index contributed by atoms with van der Waals surface area (Å²) in [5.41, 5.74) is 2.26. The third-order valence-electron chi connectivity index (χ3n) is 3.36. The van der Waals surface area contributed by atoms with Crippen LogP contribution in [0.25, 0.3) is 17.0 Å². The molecule has 3 aromatic rings. The fraction of sp³-hybridized carbons (Fsp3) is 0.278. The average Bonchev–Trinajstić information content (AvgIpc) is 2.96. The largest absolute Gasteiger partial charge is 0.444 e. The van der Waals surface area contributed by atoms with E-state index in [0.717, 1.165) is 22.6 Å². The molecule has 0 aliphatic heterocycles. The molecule has 6 nitrogen and oxygen atoms in total. The maximum atomic E-state index is 11.7. The van der Waals surface area contributed by atoms with Crippen molar-refractivity contribution in [3.63, 3.8) is 0 Å². The predicted molar refractivity (Wildman–Crippen MR) is 91.5 cm³/mol. The molecular formula is C18H20N4O2. The first-order valence-corrected chi connectivity index (χ1v) is 7.78. The second-order valence-electron chi connectivity index (χ2n) is 6.50. The van der Waals surface area contributed by atoms with Crippen LogP contribution in [0.1, 0.15) is 26.3 Å². The molecule has 1 aromatic carbocycles. The van der Waals surface area contributed by atoms with E-state index in [1.165, 1.54) is 0 Å². The Morgan fingerprint density at radius 2 is 1.88 bits per heavy atom. The van der Waals surface area contributed by atoms with Gasteiger partial charge < -0.3 is 10.1 Å². The highest BCUT2D eigenvalue weighted by Crippen LogP contribution is 2.18. The van der Waals surface area contributed by atoms with E-state index >= 15 is 0 Å². The van der Waals surface area contributed by atoms with Crippen molar-refractivity contribution in [2.45, 2.75) is 32.9 Å². The molecule has 0 unspecified atom stereocenters. The van der Waals surface area contributed by atoms with E-state index in [0.29, 0.717) is 6.54 Å². The zero-order valence-corrected chi connectivity index (χ0v) is 14.0. The first-order chi connectivity index (χ1) is 11.4. The SMILES string of the molecule is CC(C)(C)OC(=O)NCc1ccc(-c2nnc3ccccn23)cc1. The summed E-state index contributed by atoms with van der Waals surface area (Å²) in [7, 11) is 0. The summed E-state index contributed by atoms with van der Waals surface area (Å²) < 4.78 is 7.16. The Labute approximate surface area is 140 Å². The molecule has 0 aliphatic carbocycles. The summed E-state index contributed by atoms with van der Waals surface area (Å²) in [6.45, 7) is 5.93. The predicted octanol–water partition coefficient (Wildman–Crippen LogP) is 3.42. The number of aromatic nitrogens is 3. The van der Waals surface area contributed by atoms with E-state index in [1.807, 2.05) is 73.8 Å². The number of alkyl carbamates (subject to hydrolysis) is 1. The molecule has 0 spiro atoms. The molecule has 124 valence electrons. The number of carbonyl (C=O) groups is 1. The van der Waals surface area contributed by atoms with E-state index < -0.39 is 11.7 Å². The minimum absolute atomic E-state index is 0.412. The maximum Gasteiger partial charge on any atom is 0.407 e. The third-order valence-corrected chi connectivity index (χ3v) is 3.36. The van der Waals surface area contributed by atoms with E-state index in [9.17, 15) is 4.79 Å². The highest BCUT2D eigenvalue weighted by molar-refractivity contribution is 5.67. The Balaban J connectivity index is 1.69. The van der Waals surface area contributed by atoms with Crippen LogP contribution in [-0.4, -0.2) is 26.3 Å². The van der Waals surface area contributed by atoms with Gasteiger partial charge in [0.2, 0.25) is 0 Å². The summed E-state index contributed by atoms with van der Waals surface area (Å²) in [5, 5.41) is 11.1. The second kappa shape index (κ2) is 6.31. The molecule has 2 aromatic heterocycles. The van der Waals surface area contributed by atoms with Gasteiger partial charge in [0.15, 0.2) is 11.5 Å². The minimum atomic E-state index is -0.497. The lowest BCUT2D eigenvalue weighted by molar-refractivity contribution is 0.0523. The summed E-state index contributed by atoms with van der Waals surface area (Å²) in [6.07, 6.45) is 1.51. The van der Waals surface area contributed by atoms with Crippen LogP contribution < -0.4 is 5.32 Å². The monoisotopic (exact) mass is 324 g/mol. The highest BCUT2D eigenvalue weighted by Gasteiger charge is 2.15. The Morgan fingerprint density at radius 1 is 1.12 bits per heavy atom. The standard InChI is InChI=1S/C18H20N4O2/c1-18(2,3)24-17(23)19-12-13-7-9-14(10-8-13)16-21-20-15-6-4-5-11-22(15)16/h4-11H,12H2,1-3H3,(H,19,23). The summed E-state index contributed by atoms with van der Waals surface area (Å²) in [6, 6.07) is 13.6. The van der Waals surface area contributed by atoms with Gasteiger partial charge in [-0.3, -0.25) is 4.40 Å². The van der Waals surface area contributed by atoms with Crippen LogP contribution in [0.15, 0.2) is 48.7 Å². The van der Waals surface area contributed by atoms with E-state index in [-0.39, 0.29) is 0 Å². The van der Waals surface area contributed by atoms with Crippen LogP contribution in [0, 0.1) is 0 Å².